The van der Waals surface area contributed by atoms with E-state index in [0.717, 1.165) is 50.9 Å². The van der Waals surface area contributed by atoms with Crippen molar-refractivity contribution in [1.82, 2.24) is 10.2 Å². The van der Waals surface area contributed by atoms with E-state index in [1.165, 1.54) is 19.2 Å². The molecule has 2 atom stereocenters. The Morgan fingerprint density at radius 2 is 1.94 bits per heavy atom. The summed E-state index contributed by atoms with van der Waals surface area (Å²) >= 11 is 0. The molecule has 0 bridgehead atoms. The van der Waals surface area contributed by atoms with Gasteiger partial charge in [-0.1, -0.05) is 12.1 Å². The van der Waals surface area contributed by atoms with Gasteiger partial charge in [-0.2, -0.15) is 13.2 Å². The summed E-state index contributed by atoms with van der Waals surface area (Å²) in [5.41, 5.74) is 1.02. The van der Waals surface area contributed by atoms with Gasteiger partial charge in [0.15, 0.2) is 0 Å². The number of amides is 1. The number of halogens is 4. The van der Waals surface area contributed by atoms with Gasteiger partial charge in [0.1, 0.15) is 12.4 Å². The number of nitrogens with one attached hydrogen (secondary N) is 1. The molecule has 11 heteroatoms. The third-order valence-corrected chi connectivity index (χ3v) is 5.33. The highest BCUT2D eigenvalue weighted by Gasteiger charge is 2.42. The van der Waals surface area contributed by atoms with Gasteiger partial charge in [-0.15, -0.1) is 0 Å². The van der Waals surface area contributed by atoms with Crippen LogP contribution in [0.15, 0.2) is 24.3 Å². The number of aliphatic carboxylic acids is 1. The van der Waals surface area contributed by atoms with Crippen LogP contribution in [0.2, 0.25) is 0 Å². The molecule has 1 amide bonds. The lowest BCUT2D eigenvalue weighted by Crippen LogP contribution is -2.47. The average Bonchev–Trinajstić information content (AvgIpc) is 3.10. The number of nitrogens with zero attached hydrogens (tertiary/aromatic N) is 1. The minimum absolute atomic E-state index is 0.0697. The highest BCUT2D eigenvalue weighted by molar-refractivity contribution is 5.77. The Morgan fingerprint density at radius 1 is 1.28 bits per heavy atom. The molecule has 180 valence electrons. The molecule has 2 saturated heterocycles. The van der Waals surface area contributed by atoms with Crippen LogP contribution >= 0.6 is 0 Å². The molecule has 2 aliphatic rings. The highest BCUT2D eigenvalue weighted by Crippen LogP contribution is 2.37. The number of rotatable bonds is 6. The molecule has 1 aromatic rings. The molecule has 1 aromatic carbocycles. The minimum Gasteiger partial charge on any atom is -0.475 e. The maximum Gasteiger partial charge on any atom is 0.490 e. The van der Waals surface area contributed by atoms with Gasteiger partial charge in [-0.3, -0.25) is 9.69 Å². The summed E-state index contributed by atoms with van der Waals surface area (Å²) in [5.74, 6) is -3.06. The quantitative estimate of drug-likeness (QED) is 0.630. The Labute approximate surface area is 183 Å². The van der Waals surface area contributed by atoms with Crippen LogP contribution in [0.4, 0.5) is 17.6 Å². The molecule has 2 fully saturated rings. The maximum absolute atomic E-state index is 13.0. The van der Waals surface area contributed by atoms with Crippen molar-refractivity contribution in [2.75, 3.05) is 33.4 Å². The van der Waals surface area contributed by atoms with Crippen LogP contribution in [0.25, 0.3) is 0 Å². The number of hydrogen-bond donors (Lipinski definition) is 2. The summed E-state index contributed by atoms with van der Waals surface area (Å²) in [6.45, 7) is 3.33. The van der Waals surface area contributed by atoms with Gasteiger partial charge in [-0.05, 0) is 43.4 Å². The number of hydrogen-bond acceptors (Lipinski definition) is 5. The highest BCUT2D eigenvalue weighted by atomic mass is 19.4. The summed E-state index contributed by atoms with van der Waals surface area (Å²) in [6.07, 6.45) is -0.839. The summed E-state index contributed by atoms with van der Waals surface area (Å²) in [6, 6.07) is 6.71. The van der Waals surface area contributed by atoms with E-state index >= 15 is 0 Å². The van der Waals surface area contributed by atoms with Gasteiger partial charge in [-0.25, -0.2) is 9.18 Å². The van der Waals surface area contributed by atoms with Crippen molar-refractivity contribution >= 4 is 11.9 Å². The van der Waals surface area contributed by atoms with Crippen molar-refractivity contribution in [3.8, 4) is 0 Å². The zero-order valence-electron chi connectivity index (χ0n) is 17.8. The predicted octanol–water partition coefficient (Wildman–Crippen LogP) is 2.74. The van der Waals surface area contributed by atoms with Crippen LogP contribution in [-0.4, -0.2) is 73.1 Å². The lowest BCUT2D eigenvalue weighted by atomic mass is 9.90. The van der Waals surface area contributed by atoms with E-state index in [2.05, 4.69) is 10.2 Å². The standard InChI is InChI=1S/C19H27FN2O3.C2HF3O2/c1-24-13-18(23)21-11-17-3-2-8-19(25-17)9-10-22(14-19)12-15-4-6-16(20)7-5-15;3-2(4,5)1(6)7/h4-7,17H,2-3,8-14H2,1H3,(H,21,23);(H,6,7)/t17-,19+;/m0./s1. The number of likely N-dealkylation sites (tertiary alicyclic amines) is 1. The monoisotopic (exact) mass is 464 g/mol. The molecule has 0 aromatic heterocycles. The number of ether oxygens (including phenoxy) is 2. The second kappa shape index (κ2) is 11.6. The lowest BCUT2D eigenvalue weighted by Gasteiger charge is -2.39. The smallest absolute Gasteiger partial charge is 0.475 e. The van der Waals surface area contributed by atoms with Crippen molar-refractivity contribution in [3.63, 3.8) is 0 Å². The van der Waals surface area contributed by atoms with Crippen molar-refractivity contribution in [2.45, 2.75) is 50.1 Å². The number of alkyl halides is 3. The summed E-state index contributed by atoms with van der Waals surface area (Å²) in [4.78, 5) is 22.8. The first-order valence-corrected chi connectivity index (χ1v) is 10.2. The molecule has 0 aliphatic carbocycles. The molecular weight excluding hydrogens is 436 g/mol. The Bertz CT molecular complexity index is 760. The number of carbonyl (C=O) groups is 2. The largest absolute Gasteiger partial charge is 0.490 e. The van der Waals surface area contributed by atoms with Crippen LogP contribution in [-0.2, 0) is 25.6 Å². The zero-order valence-corrected chi connectivity index (χ0v) is 17.8. The Morgan fingerprint density at radius 3 is 2.53 bits per heavy atom. The lowest BCUT2D eigenvalue weighted by molar-refractivity contribution is -0.192. The normalized spacial score (nSPS) is 23.5. The molecular formula is C21H28F4N2O5. The molecule has 2 heterocycles. The predicted molar refractivity (Wildman–Crippen MR) is 106 cm³/mol. The Hall–Kier alpha value is -2.24. The number of methoxy groups -OCH3 is 1. The van der Waals surface area contributed by atoms with Crippen LogP contribution in [0.5, 0.6) is 0 Å². The average molecular weight is 464 g/mol. The first kappa shape index (κ1) is 26.0. The SMILES string of the molecule is COCC(=O)NC[C@@H]1CCC[C@]2(CCN(Cc3ccc(F)cc3)C2)O1.O=C(O)C(F)(F)F. The van der Waals surface area contributed by atoms with Crippen LogP contribution in [0.1, 0.15) is 31.2 Å². The van der Waals surface area contributed by atoms with Gasteiger partial charge in [0.25, 0.3) is 0 Å². The fourth-order valence-corrected chi connectivity index (χ4v) is 3.89. The number of carboxylic acid groups (broad SMARTS) is 1. The fraction of sp³-hybridized carbons (Fsp3) is 0.619. The molecule has 0 saturated carbocycles. The fourth-order valence-electron chi connectivity index (χ4n) is 3.89. The minimum atomic E-state index is -5.08. The molecule has 7 nitrogen and oxygen atoms in total. The molecule has 32 heavy (non-hydrogen) atoms. The van der Waals surface area contributed by atoms with Crippen molar-refractivity contribution in [3.05, 3.63) is 35.6 Å². The molecule has 2 aliphatic heterocycles. The Kier molecular flexibility index (Phi) is 9.41. The van der Waals surface area contributed by atoms with E-state index in [0.29, 0.717) is 6.54 Å². The van der Waals surface area contributed by atoms with Crippen molar-refractivity contribution in [2.24, 2.45) is 0 Å². The van der Waals surface area contributed by atoms with Crippen LogP contribution in [0, 0.1) is 5.82 Å². The summed E-state index contributed by atoms with van der Waals surface area (Å²) in [5, 5.41) is 10.0. The maximum atomic E-state index is 13.0. The van der Waals surface area contributed by atoms with Crippen molar-refractivity contribution in [1.29, 1.82) is 0 Å². The number of carbonyl (C=O) groups excluding carboxylic acids is 1. The molecule has 0 unspecified atom stereocenters. The van der Waals surface area contributed by atoms with Gasteiger partial charge < -0.3 is 19.9 Å². The van der Waals surface area contributed by atoms with E-state index in [1.54, 1.807) is 0 Å². The zero-order chi connectivity index (χ0) is 23.8. The van der Waals surface area contributed by atoms with Gasteiger partial charge in [0.2, 0.25) is 5.91 Å². The van der Waals surface area contributed by atoms with Crippen LogP contribution in [0.3, 0.4) is 0 Å². The molecule has 0 radical (unpaired) electrons. The van der Waals surface area contributed by atoms with Gasteiger partial charge in [0, 0.05) is 33.3 Å². The van der Waals surface area contributed by atoms with E-state index in [9.17, 15) is 22.4 Å². The van der Waals surface area contributed by atoms with E-state index in [4.69, 9.17) is 19.4 Å². The van der Waals surface area contributed by atoms with Gasteiger partial charge >= 0.3 is 12.1 Å². The Balaban J connectivity index is 0.000000451. The van der Waals surface area contributed by atoms with Gasteiger partial charge in [0.05, 0.1) is 11.7 Å². The molecule has 3 rings (SSSR count). The first-order valence-electron chi connectivity index (χ1n) is 10.2. The van der Waals surface area contributed by atoms with E-state index < -0.39 is 12.1 Å². The third kappa shape index (κ3) is 8.36. The van der Waals surface area contributed by atoms with E-state index in [-0.39, 0.29) is 30.0 Å². The molecule has 1 spiro atoms. The van der Waals surface area contributed by atoms with Crippen molar-refractivity contribution < 1.29 is 41.7 Å². The van der Waals surface area contributed by atoms with E-state index in [1.807, 2.05) is 12.1 Å². The summed E-state index contributed by atoms with van der Waals surface area (Å²) < 4.78 is 56.0. The second-order valence-electron chi connectivity index (χ2n) is 7.94. The second-order valence-corrected chi connectivity index (χ2v) is 7.94. The topological polar surface area (TPSA) is 88.1 Å². The number of benzene rings is 1. The van der Waals surface area contributed by atoms with Crippen LogP contribution < -0.4 is 5.32 Å². The molecule has 2 N–H and O–H groups in total. The first-order chi connectivity index (χ1) is 15.0. The summed E-state index contributed by atoms with van der Waals surface area (Å²) in [7, 11) is 1.51. The third-order valence-electron chi connectivity index (χ3n) is 5.33. The number of carboxylic acids is 1.